The number of nitrogens with one attached hydrogen (secondary N) is 2. The van der Waals surface area contributed by atoms with Gasteiger partial charge in [-0.15, -0.1) is 0 Å². The van der Waals surface area contributed by atoms with Gasteiger partial charge >= 0.3 is 0 Å². The standard InChI is InChI=1S/C26H24Cl2N4O2/c1-3-32(15-33)24-11-6-17(13-22(24)29-2)25-20-14-19(28)9-10-21(20)31-26(34)23(30-25)12-16-4-7-18(27)8-5-16/h4-11,13-15,23,29H,3,12H2,1-2H3,(H,31,34). The minimum Gasteiger partial charge on any atom is -0.386 e. The largest absolute Gasteiger partial charge is 0.386 e. The van der Waals surface area contributed by atoms with Crippen molar-refractivity contribution in [3.63, 3.8) is 0 Å². The summed E-state index contributed by atoms with van der Waals surface area (Å²) >= 11 is 12.3. The fourth-order valence-electron chi connectivity index (χ4n) is 3.97. The van der Waals surface area contributed by atoms with Crippen LogP contribution in [-0.2, 0) is 16.0 Å². The molecular weight excluding hydrogens is 471 g/mol. The molecule has 0 bridgehead atoms. The van der Waals surface area contributed by atoms with Gasteiger partial charge in [0.15, 0.2) is 0 Å². The third-order valence-electron chi connectivity index (χ3n) is 5.74. The SMILES string of the molecule is CCN(C=O)c1ccc(C2=NC(Cc3ccc(Cl)cc3)C(=O)Nc3ccc(Cl)cc32)cc1NC. The highest BCUT2D eigenvalue weighted by atomic mass is 35.5. The van der Waals surface area contributed by atoms with Crippen molar-refractivity contribution in [3.05, 3.63) is 87.4 Å². The van der Waals surface area contributed by atoms with E-state index in [1.54, 1.807) is 42.3 Å². The lowest BCUT2D eigenvalue weighted by Crippen LogP contribution is -2.27. The Bertz CT molecular complexity index is 1260. The zero-order valence-electron chi connectivity index (χ0n) is 18.8. The lowest BCUT2D eigenvalue weighted by atomic mass is 9.99. The molecule has 8 heteroatoms. The Labute approximate surface area is 208 Å². The molecule has 1 aliphatic heterocycles. The summed E-state index contributed by atoms with van der Waals surface area (Å²) in [7, 11) is 1.80. The van der Waals surface area contributed by atoms with E-state index in [1.807, 2.05) is 37.3 Å². The van der Waals surface area contributed by atoms with Gasteiger partial charge in [-0.1, -0.05) is 41.4 Å². The normalized spacial score (nSPS) is 15.0. The van der Waals surface area contributed by atoms with Crippen molar-refractivity contribution in [2.24, 2.45) is 4.99 Å². The average Bonchev–Trinajstić information content (AvgIpc) is 2.97. The first-order valence-corrected chi connectivity index (χ1v) is 11.7. The number of benzodiazepines with no additional fused rings is 1. The zero-order chi connectivity index (χ0) is 24.2. The summed E-state index contributed by atoms with van der Waals surface area (Å²) in [4.78, 5) is 31.2. The molecule has 0 saturated heterocycles. The number of aliphatic imine (C=N–C) groups is 1. The van der Waals surface area contributed by atoms with Crippen LogP contribution in [0, 0.1) is 0 Å². The molecule has 0 spiro atoms. The van der Waals surface area contributed by atoms with Crippen LogP contribution in [-0.4, -0.2) is 37.7 Å². The van der Waals surface area contributed by atoms with Gasteiger partial charge in [-0.2, -0.15) is 0 Å². The maximum Gasteiger partial charge on any atom is 0.249 e. The van der Waals surface area contributed by atoms with Crippen molar-refractivity contribution < 1.29 is 9.59 Å². The molecule has 0 saturated carbocycles. The van der Waals surface area contributed by atoms with E-state index in [2.05, 4.69) is 10.6 Å². The van der Waals surface area contributed by atoms with Crippen LogP contribution in [0.4, 0.5) is 17.1 Å². The van der Waals surface area contributed by atoms with E-state index < -0.39 is 6.04 Å². The number of halogens is 2. The van der Waals surface area contributed by atoms with Gasteiger partial charge in [0.2, 0.25) is 12.3 Å². The molecule has 0 radical (unpaired) electrons. The van der Waals surface area contributed by atoms with Crippen LogP contribution in [0.5, 0.6) is 0 Å². The Balaban J connectivity index is 1.84. The van der Waals surface area contributed by atoms with Gasteiger partial charge in [-0.3, -0.25) is 14.6 Å². The predicted molar refractivity (Wildman–Crippen MR) is 140 cm³/mol. The van der Waals surface area contributed by atoms with Crippen LogP contribution >= 0.6 is 23.2 Å². The maximum atomic E-state index is 13.1. The molecule has 2 amide bonds. The molecule has 1 aliphatic rings. The number of hydrogen-bond acceptors (Lipinski definition) is 4. The first-order chi connectivity index (χ1) is 16.4. The van der Waals surface area contributed by atoms with Crippen LogP contribution in [0.3, 0.4) is 0 Å². The molecular formula is C26H24Cl2N4O2. The van der Waals surface area contributed by atoms with Crippen molar-refractivity contribution in [1.29, 1.82) is 0 Å². The molecule has 0 aliphatic carbocycles. The Morgan fingerprint density at radius 3 is 2.47 bits per heavy atom. The Morgan fingerprint density at radius 2 is 1.79 bits per heavy atom. The van der Waals surface area contributed by atoms with Gasteiger partial charge in [0, 0.05) is 41.2 Å². The van der Waals surface area contributed by atoms with Gasteiger partial charge in [0.05, 0.1) is 22.8 Å². The van der Waals surface area contributed by atoms with Crippen LogP contribution in [0.25, 0.3) is 0 Å². The van der Waals surface area contributed by atoms with Crippen LogP contribution in [0.2, 0.25) is 10.0 Å². The van der Waals surface area contributed by atoms with Crippen molar-refractivity contribution in [2.45, 2.75) is 19.4 Å². The van der Waals surface area contributed by atoms with E-state index in [-0.39, 0.29) is 5.91 Å². The molecule has 0 fully saturated rings. The van der Waals surface area contributed by atoms with E-state index >= 15 is 0 Å². The molecule has 3 aromatic carbocycles. The molecule has 34 heavy (non-hydrogen) atoms. The van der Waals surface area contributed by atoms with Crippen molar-refractivity contribution in [1.82, 2.24) is 0 Å². The second kappa shape index (κ2) is 10.3. The van der Waals surface area contributed by atoms with Crippen molar-refractivity contribution in [2.75, 3.05) is 29.1 Å². The van der Waals surface area contributed by atoms with E-state index in [4.69, 9.17) is 28.2 Å². The van der Waals surface area contributed by atoms with Gasteiger partial charge in [0.25, 0.3) is 0 Å². The van der Waals surface area contributed by atoms with Crippen LogP contribution in [0.1, 0.15) is 23.6 Å². The number of carbonyl (C=O) groups excluding carboxylic acids is 2. The fraction of sp³-hybridized carbons (Fsp3) is 0.192. The Kier molecular flexibility index (Phi) is 7.20. The van der Waals surface area contributed by atoms with Crippen LogP contribution in [0.15, 0.2) is 65.7 Å². The minimum absolute atomic E-state index is 0.197. The quantitative estimate of drug-likeness (QED) is 0.430. The lowest BCUT2D eigenvalue weighted by molar-refractivity contribution is -0.117. The van der Waals surface area contributed by atoms with Gasteiger partial charge < -0.3 is 15.5 Å². The number of rotatable bonds is 7. The topological polar surface area (TPSA) is 73.8 Å². The second-order valence-electron chi connectivity index (χ2n) is 7.88. The van der Waals surface area contributed by atoms with E-state index in [0.717, 1.165) is 34.5 Å². The smallest absolute Gasteiger partial charge is 0.249 e. The Morgan fingerprint density at radius 1 is 1.06 bits per heavy atom. The van der Waals surface area contributed by atoms with Gasteiger partial charge in [0.1, 0.15) is 6.04 Å². The molecule has 6 nitrogen and oxygen atoms in total. The van der Waals surface area contributed by atoms with Gasteiger partial charge in [-0.05, 0) is 55.0 Å². The molecule has 2 N–H and O–H groups in total. The summed E-state index contributed by atoms with van der Waals surface area (Å²) in [5.74, 6) is -0.197. The summed E-state index contributed by atoms with van der Waals surface area (Å²) in [6.45, 7) is 2.45. The third kappa shape index (κ3) is 4.93. The number of hydrogen-bond donors (Lipinski definition) is 2. The monoisotopic (exact) mass is 494 g/mol. The molecule has 3 aromatic rings. The summed E-state index contributed by atoms with van der Waals surface area (Å²) < 4.78 is 0. The number of fused-ring (bicyclic) bond motifs is 1. The van der Waals surface area contributed by atoms with E-state index in [9.17, 15) is 9.59 Å². The fourth-order valence-corrected chi connectivity index (χ4v) is 4.27. The highest BCUT2D eigenvalue weighted by molar-refractivity contribution is 6.32. The summed E-state index contributed by atoms with van der Waals surface area (Å²) in [5, 5.41) is 7.34. The highest BCUT2D eigenvalue weighted by Crippen LogP contribution is 2.32. The second-order valence-corrected chi connectivity index (χ2v) is 8.75. The molecule has 1 atom stereocenters. The van der Waals surface area contributed by atoms with Crippen LogP contribution < -0.4 is 15.5 Å². The number of amides is 2. The third-order valence-corrected chi connectivity index (χ3v) is 6.23. The van der Waals surface area contributed by atoms with E-state index in [1.165, 1.54) is 0 Å². The number of benzene rings is 3. The molecule has 4 rings (SSSR count). The van der Waals surface area contributed by atoms with Crippen molar-refractivity contribution in [3.8, 4) is 0 Å². The molecule has 0 aromatic heterocycles. The number of nitrogens with zero attached hydrogens (tertiary/aromatic N) is 2. The number of anilines is 3. The Hall–Kier alpha value is -3.35. The first-order valence-electron chi connectivity index (χ1n) is 10.9. The van der Waals surface area contributed by atoms with Gasteiger partial charge in [-0.25, -0.2) is 0 Å². The summed E-state index contributed by atoms with van der Waals surface area (Å²) in [6.07, 6.45) is 1.22. The molecule has 174 valence electrons. The predicted octanol–water partition coefficient (Wildman–Crippen LogP) is 5.42. The molecule has 1 heterocycles. The number of carbonyl (C=O) groups is 2. The highest BCUT2D eigenvalue weighted by Gasteiger charge is 2.27. The minimum atomic E-state index is -0.651. The van der Waals surface area contributed by atoms with Crippen molar-refractivity contribution >= 4 is 58.3 Å². The maximum absolute atomic E-state index is 13.1. The lowest BCUT2D eigenvalue weighted by Gasteiger charge is -2.20. The zero-order valence-corrected chi connectivity index (χ0v) is 20.3. The summed E-state index contributed by atoms with van der Waals surface area (Å²) in [6, 6.07) is 17.8. The van der Waals surface area contributed by atoms with E-state index in [0.29, 0.717) is 34.4 Å². The summed E-state index contributed by atoms with van der Waals surface area (Å²) in [5.41, 5.74) is 5.31. The average molecular weight is 495 g/mol. The first kappa shape index (κ1) is 23.8. The molecule has 1 unspecified atom stereocenters.